The van der Waals surface area contributed by atoms with Gasteiger partial charge in [-0.05, 0) is 57.9 Å². The molecule has 0 spiro atoms. The highest BCUT2D eigenvalue weighted by Crippen LogP contribution is 2.27. The topological polar surface area (TPSA) is 106 Å². The third kappa shape index (κ3) is 3.68. The van der Waals surface area contributed by atoms with Crippen molar-refractivity contribution in [2.75, 3.05) is 0 Å². The molecule has 0 saturated heterocycles. The highest BCUT2D eigenvalue weighted by atomic mass is 16.5. The van der Waals surface area contributed by atoms with Crippen LogP contribution in [0.3, 0.4) is 0 Å². The van der Waals surface area contributed by atoms with Crippen LogP contribution in [0.4, 0.5) is 0 Å². The van der Waals surface area contributed by atoms with Crippen LogP contribution < -0.4 is 10.1 Å². The number of carboxylic acids is 1. The van der Waals surface area contributed by atoms with E-state index in [9.17, 15) is 9.59 Å². The number of carboxylic acid groups (broad SMARTS) is 1. The summed E-state index contributed by atoms with van der Waals surface area (Å²) >= 11 is 0. The lowest BCUT2D eigenvalue weighted by Gasteiger charge is -2.32. The molecule has 26 heavy (non-hydrogen) atoms. The number of amides is 1. The molecule has 1 aliphatic rings. The lowest BCUT2D eigenvalue weighted by Crippen LogP contribution is -2.46. The van der Waals surface area contributed by atoms with Crippen molar-refractivity contribution >= 4 is 11.9 Å². The fourth-order valence-corrected chi connectivity index (χ4v) is 2.91. The van der Waals surface area contributed by atoms with Crippen LogP contribution in [0.15, 0.2) is 24.3 Å². The molecule has 1 aromatic carbocycles. The molecule has 0 aliphatic heterocycles. The van der Waals surface area contributed by atoms with Crippen LogP contribution >= 0.6 is 0 Å². The highest BCUT2D eigenvalue weighted by molar-refractivity contribution is 5.93. The summed E-state index contributed by atoms with van der Waals surface area (Å²) in [6.45, 7) is 5.69. The lowest BCUT2D eigenvalue weighted by atomic mass is 9.80. The van der Waals surface area contributed by atoms with Crippen LogP contribution in [-0.2, 0) is 4.79 Å². The summed E-state index contributed by atoms with van der Waals surface area (Å²) in [4.78, 5) is 23.2. The third-order valence-corrected chi connectivity index (χ3v) is 4.39. The quantitative estimate of drug-likeness (QED) is 0.817. The third-order valence-electron chi connectivity index (χ3n) is 4.39. The number of hydrogen-bond acceptors (Lipinski definition) is 5. The Labute approximate surface area is 151 Å². The first-order valence-corrected chi connectivity index (χ1v) is 8.58. The average molecular weight is 358 g/mol. The van der Waals surface area contributed by atoms with Crippen LogP contribution in [0.1, 0.15) is 42.9 Å². The molecule has 138 valence electrons. The van der Waals surface area contributed by atoms with Crippen molar-refractivity contribution in [3.8, 4) is 11.4 Å². The molecule has 1 aromatic heterocycles. The van der Waals surface area contributed by atoms with E-state index in [2.05, 4.69) is 15.6 Å². The SMILES string of the molecule is Cc1c(C(=O)NC2CC(C(=O)O)C2)nnn1-c1ccc(OC(C)C)cc1. The molecule has 1 aliphatic carbocycles. The van der Waals surface area contributed by atoms with Crippen molar-refractivity contribution in [2.45, 2.75) is 45.8 Å². The van der Waals surface area contributed by atoms with E-state index >= 15 is 0 Å². The van der Waals surface area contributed by atoms with Gasteiger partial charge in [0, 0.05) is 6.04 Å². The summed E-state index contributed by atoms with van der Waals surface area (Å²) in [6.07, 6.45) is 0.994. The van der Waals surface area contributed by atoms with Crippen molar-refractivity contribution in [3.05, 3.63) is 35.7 Å². The van der Waals surface area contributed by atoms with Crippen LogP contribution in [0.5, 0.6) is 5.75 Å². The number of carbonyl (C=O) groups excluding carboxylic acids is 1. The van der Waals surface area contributed by atoms with Crippen LogP contribution in [-0.4, -0.2) is 44.1 Å². The van der Waals surface area contributed by atoms with Crippen molar-refractivity contribution in [1.82, 2.24) is 20.3 Å². The van der Waals surface area contributed by atoms with Crippen molar-refractivity contribution in [2.24, 2.45) is 5.92 Å². The van der Waals surface area contributed by atoms with Crippen molar-refractivity contribution < 1.29 is 19.4 Å². The molecule has 0 radical (unpaired) electrons. The summed E-state index contributed by atoms with van der Waals surface area (Å²) in [7, 11) is 0. The van der Waals surface area contributed by atoms with Crippen LogP contribution in [0.25, 0.3) is 5.69 Å². The van der Waals surface area contributed by atoms with Gasteiger partial charge < -0.3 is 15.2 Å². The second-order valence-corrected chi connectivity index (χ2v) is 6.77. The molecule has 2 N–H and O–H groups in total. The Kier molecular flexibility index (Phi) is 4.92. The van der Waals surface area contributed by atoms with Gasteiger partial charge in [0.15, 0.2) is 5.69 Å². The minimum Gasteiger partial charge on any atom is -0.491 e. The number of aromatic nitrogens is 3. The maximum Gasteiger partial charge on any atom is 0.306 e. The Morgan fingerprint density at radius 2 is 1.92 bits per heavy atom. The van der Waals surface area contributed by atoms with E-state index in [4.69, 9.17) is 9.84 Å². The molecule has 1 heterocycles. The first kappa shape index (κ1) is 17.9. The van der Waals surface area contributed by atoms with Crippen LogP contribution in [0.2, 0.25) is 0 Å². The highest BCUT2D eigenvalue weighted by Gasteiger charge is 2.36. The van der Waals surface area contributed by atoms with Gasteiger partial charge in [-0.25, -0.2) is 4.68 Å². The molecule has 0 atom stereocenters. The predicted octanol–water partition coefficient (Wildman–Crippen LogP) is 1.96. The van der Waals surface area contributed by atoms with Gasteiger partial charge in [0.2, 0.25) is 0 Å². The molecule has 8 nitrogen and oxygen atoms in total. The normalized spacial score (nSPS) is 19.1. The second kappa shape index (κ2) is 7.15. The zero-order valence-corrected chi connectivity index (χ0v) is 15.0. The van der Waals surface area contributed by atoms with Gasteiger partial charge in [-0.1, -0.05) is 5.21 Å². The smallest absolute Gasteiger partial charge is 0.306 e. The number of nitrogens with one attached hydrogen (secondary N) is 1. The lowest BCUT2D eigenvalue weighted by molar-refractivity contribution is -0.145. The van der Waals surface area contributed by atoms with E-state index < -0.39 is 5.97 Å². The van der Waals surface area contributed by atoms with E-state index in [0.717, 1.165) is 11.4 Å². The number of hydrogen-bond donors (Lipinski definition) is 2. The molecule has 1 amide bonds. The Balaban J connectivity index is 1.68. The summed E-state index contributed by atoms with van der Waals surface area (Å²) in [5.74, 6) is -0.758. The molecule has 0 unspecified atom stereocenters. The molecule has 3 rings (SSSR count). The van der Waals surface area contributed by atoms with E-state index in [1.807, 2.05) is 38.1 Å². The number of nitrogens with zero attached hydrogens (tertiary/aromatic N) is 3. The summed E-state index contributed by atoms with van der Waals surface area (Å²) in [6, 6.07) is 7.27. The first-order chi connectivity index (χ1) is 12.3. The predicted molar refractivity (Wildman–Crippen MR) is 93.5 cm³/mol. The van der Waals surface area contributed by atoms with Gasteiger partial charge in [-0.2, -0.15) is 0 Å². The number of aliphatic carboxylic acids is 1. The standard InChI is InChI=1S/C18H22N4O4/c1-10(2)26-15-6-4-14(5-7-15)22-11(3)16(20-21-22)17(23)19-13-8-12(9-13)18(24)25/h4-7,10,12-13H,8-9H2,1-3H3,(H,19,23)(H,24,25). The summed E-state index contributed by atoms with van der Waals surface area (Å²) in [5, 5.41) is 19.8. The van der Waals surface area contributed by atoms with Crippen molar-refractivity contribution in [3.63, 3.8) is 0 Å². The fraction of sp³-hybridized carbons (Fsp3) is 0.444. The molecular weight excluding hydrogens is 336 g/mol. The number of ether oxygens (including phenoxy) is 1. The number of rotatable bonds is 6. The molecule has 1 saturated carbocycles. The van der Waals surface area contributed by atoms with Gasteiger partial charge in [0.05, 0.1) is 23.4 Å². The van der Waals surface area contributed by atoms with Gasteiger partial charge in [0.25, 0.3) is 5.91 Å². The minimum atomic E-state index is -0.817. The van der Waals surface area contributed by atoms with Gasteiger partial charge >= 0.3 is 5.97 Å². The largest absolute Gasteiger partial charge is 0.491 e. The van der Waals surface area contributed by atoms with Gasteiger partial charge in [-0.15, -0.1) is 5.10 Å². The maximum absolute atomic E-state index is 12.4. The maximum atomic E-state index is 12.4. The monoisotopic (exact) mass is 358 g/mol. The molecule has 2 aromatic rings. The fourth-order valence-electron chi connectivity index (χ4n) is 2.91. The Morgan fingerprint density at radius 1 is 1.27 bits per heavy atom. The Hall–Kier alpha value is -2.90. The van der Waals surface area contributed by atoms with E-state index in [1.165, 1.54) is 0 Å². The summed E-state index contributed by atoms with van der Waals surface area (Å²) < 4.78 is 7.21. The second-order valence-electron chi connectivity index (χ2n) is 6.77. The summed E-state index contributed by atoms with van der Waals surface area (Å²) in [5.41, 5.74) is 1.64. The minimum absolute atomic E-state index is 0.0940. The van der Waals surface area contributed by atoms with Gasteiger partial charge in [0.1, 0.15) is 5.75 Å². The molecular formula is C18H22N4O4. The molecule has 0 bridgehead atoms. The van der Waals surface area contributed by atoms with Gasteiger partial charge in [-0.3, -0.25) is 9.59 Å². The zero-order chi connectivity index (χ0) is 18.8. The first-order valence-electron chi connectivity index (χ1n) is 8.58. The molecule has 8 heteroatoms. The number of carbonyl (C=O) groups is 2. The zero-order valence-electron chi connectivity index (χ0n) is 15.0. The van der Waals surface area contributed by atoms with Crippen molar-refractivity contribution in [1.29, 1.82) is 0 Å². The van der Waals surface area contributed by atoms with E-state index in [-0.39, 0.29) is 29.7 Å². The Morgan fingerprint density at radius 3 is 2.50 bits per heavy atom. The average Bonchev–Trinajstić information content (AvgIpc) is 2.92. The number of benzene rings is 1. The Bertz CT molecular complexity index is 807. The van der Waals surface area contributed by atoms with Crippen LogP contribution in [0, 0.1) is 12.8 Å². The molecule has 1 fully saturated rings. The van der Waals surface area contributed by atoms with E-state index in [1.54, 1.807) is 11.6 Å². The van der Waals surface area contributed by atoms with E-state index in [0.29, 0.717) is 18.5 Å².